The van der Waals surface area contributed by atoms with Gasteiger partial charge in [-0.15, -0.1) is 0 Å². The molecule has 17 heavy (non-hydrogen) atoms. The first-order valence-electron chi connectivity index (χ1n) is 5.22. The van der Waals surface area contributed by atoms with Crippen molar-refractivity contribution in [1.82, 2.24) is 0 Å². The van der Waals surface area contributed by atoms with Crippen molar-refractivity contribution >= 4 is 22.5 Å². The Morgan fingerprint density at radius 1 is 1.00 bits per heavy atom. The third-order valence-corrected chi connectivity index (χ3v) is 2.65. The van der Waals surface area contributed by atoms with E-state index in [-0.39, 0.29) is 5.82 Å². The summed E-state index contributed by atoms with van der Waals surface area (Å²) in [7, 11) is 0. The fraction of sp³-hybridized carbons (Fsp3) is 0.0714. The van der Waals surface area contributed by atoms with Gasteiger partial charge in [0.2, 0.25) is 0 Å². The summed E-state index contributed by atoms with van der Waals surface area (Å²) in [4.78, 5) is 4.26. The highest BCUT2D eigenvalue weighted by Crippen LogP contribution is 2.16. The van der Waals surface area contributed by atoms with Crippen LogP contribution in [-0.4, -0.2) is 5.17 Å². The zero-order valence-corrected chi connectivity index (χ0v) is 10.1. The number of hydrogen-bond donors (Lipinski definition) is 0. The van der Waals surface area contributed by atoms with Crippen LogP contribution in [0, 0.1) is 12.7 Å². The molecule has 0 radical (unpaired) electrons. The molecule has 2 aromatic carbocycles. The molecular weight excluding hydrogens is 237 g/mol. The number of hydrogen-bond acceptors (Lipinski definition) is 1. The average Bonchev–Trinajstić information content (AvgIpc) is 2.33. The highest BCUT2D eigenvalue weighted by molar-refractivity contribution is 6.69. The second-order valence-corrected chi connectivity index (χ2v) is 4.10. The third kappa shape index (κ3) is 3.14. The van der Waals surface area contributed by atoms with Gasteiger partial charge in [-0.2, -0.15) is 0 Å². The summed E-state index contributed by atoms with van der Waals surface area (Å²) < 4.78 is 12.7. The fourth-order valence-electron chi connectivity index (χ4n) is 1.38. The van der Waals surface area contributed by atoms with E-state index in [1.54, 1.807) is 12.1 Å². The van der Waals surface area contributed by atoms with Gasteiger partial charge in [-0.05, 0) is 43.3 Å². The zero-order chi connectivity index (χ0) is 12.3. The minimum absolute atomic E-state index is 0.284. The van der Waals surface area contributed by atoms with Crippen molar-refractivity contribution in [3.63, 3.8) is 0 Å². The Morgan fingerprint density at radius 2 is 1.59 bits per heavy atom. The molecule has 2 rings (SSSR count). The van der Waals surface area contributed by atoms with Crippen molar-refractivity contribution in [2.45, 2.75) is 6.92 Å². The topological polar surface area (TPSA) is 12.4 Å². The van der Waals surface area contributed by atoms with Gasteiger partial charge < -0.3 is 0 Å². The van der Waals surface area contributed by atoms with E-state index >= 15 is 0 Å². The molecule has 0 heterocycles. The molecule has 86 valence electrons. The van der Waals surface area contributed by atoms with Crippen molar-refractivity contribution < 1.29 is 4.39 Å². The lowest BCUT2D eigenvalue weighted by atomic mass is 10.2. The highest BCUT2D eigenvalue weighted by atomic mass is 35.5. The van der Waals surface area contributed by atoms with E-state index in [1.165, 1.54) is 17.7 Å². The second kappa shape index (κ2) is 5.11. The summed E-state index contributed by atoms with van der Waals surface area (Å²) in [6, 6.07) is 13.7. The van der Waals surface area contributed by atoms with Gasteiger partial charge in [0.25, 0.3) is 0 Å². The molecule has 1 nitrogen and oxygen atoms in total. The predicted molar refractivity (Wildman–Crippen MR) is 69.6 cm³/mol. The van der Waals surface area contributed by atoms with Crippen LogP contribution in [0.1, 0.15) is 11.1 Å². The molecule has 0 aliphatic rings. The summed E-state index contributed by atoms with van der Waals surface area (Å²) >= 11 is 6.06. The number of halogens is 2. The van der Waals surface area contributed by atoms with Crippen LogP contribution < -0.4 is 0 Å². The molecule has 0 aromatic heterocycles. The molecule has 2 aromatic rings. The highest BCUT2D eigenvalue weighted by Gasteiger charge is 2.00. The molecule has 0 unspecified atom stereocenters. The molecule has 0 saturated carbocycles. The van der Waals surface area contributed by atoms with Crippen molar-refractivity contribution in [3.8, 4) is 0 Å². The molecule has 0 aliphatic carbocycles. The molecule has 0 amide bonds. The van der Waals surface area contributed by atoms with E-state index in [2.05, 4.69) is 4.99 Å². The Kier molecular flexibility index (Phi) is 3.55. The lowest BCUT2D eigenvalue weighted by Gasteiger charge is -1.99. The molecule has 3 heteroatoms. The number of nitrogens with zero attached hydrogens (tertiary/aromatic N) is 1. The summed E-state index contributed by atoms with van der Waals surface area (Å²) in [5.41, 5.74) is 2.65. The number of aliphatic imine (C=N–C) groups is 1. The van der Waals surface area contributed by atoms with E-state index in [9.17, 15) is 4.39 Å². The van der Waals surface area contributed by atoms with Crippen LogP contribution in [0.25, 0.3) is 0 Å². The first kappa shape index (κ1) is 11.8. The Morgan fingerprint density at radius 3 is 2.18 bits per heavy atom. The van der Waals surface area contributed by atoms with E-state index in [4.69, 9.17) is 11.6 Å². The summed E-state index contributed by atoms with van der Waals surface area (Å²) in [6.07, 6.45) is 0. The van der Waals surface area contributed by atoms with Gasteiger partial charge in [0.1, 0.15) is 11.0 Å². The normalized spacial score (nSPS) is 11.6. The summed E-state index contributed by atoms with van der Waals surface area (Å²) in [5.74, 6) is -0.284. The molecule has 0 fully saturated rings. The maximum atomic E-state index is 12.7. The number of benzene rings is 2. The monoisotopic (exact) mass is 247 g/mol. The number of rotatable bonds is 2. The lowest BCUT2D eigenvalue weighted by Crippen LogP contribution is -1.90. The van der Waals surface area contributed by atoms with Gasteiger partial charge in [-0.1, -0.05) is 29.3 Å². The molecule has 0 bridgehead atoms. The van der Waals surface area contributed by atoms with Crippen LogP contribution >= 0.6 is 11.6 Å². The van der Waals surface area contributed by atoms with Crippen LogP contribution in [0.5, 0.6) is 0 Å². The fourth-order valence-corrected chi connectivity index (χ4v) is 1.61. The van der Waals surface area contributed by atoms with Crippen molar-refractivity contribution in [1.29, 1.82) is 0 Å². The standard InChI is InChI=1S/C14H11ClFN/c1-10-2-8-13(9-3-10)17-14(15)11-4-6-12(16)7-5-11/h2-9H,1H3. The molecule has 0 N–H and O–H groups in total. The van der Waals surface area contributed by atoms with E-state index in [1.807, 2.05) is 31.2 Å². The summed E-state index contributed by atoms with van der Waals surface area (Å²) in [5, 5.41) is 0.355. The first-order chi connectivity index (χ1) is 8.15. The summed E-state index contributed by atoms with van der Waals surface area (Å²) in [6.45, 7) is 2.01. The van der Waals surface area contributed by atoms with Gasteiger partial charge in [0.05, 0.1) is 5.69 Å². The van der Waals surface area contributed by atoms with Gasteiger partial charge in [-0.25, -0.2) is 9.38 Å². The van der Waals surface area contributed by atoms with E-state index < -0.39 is 0 Å². The Balaban J connectivity index is 2.27. The Bertz CT molecular complexity index is 529. The molecule has 0 atom stereocenters. The largest absolute Gasteiger partial charge is 0.236 e. The maximum absolute atomic E-state index is 12.7. The minimum Gasteiger partial charge on any atom is -0.236 e. The first-order valence-corrected chi connectivity index (χ1v) is 5.60. The third-order valence-electron chi connectivity index (χ3n) is 2.34. The Hall–Kier alpha value is -1.67. The molecular formula is C14H11ClFN. The second-order valence-electron chi connectivity index (χ2n) is 3.75. The van der Waals surface area contributed by atoms with Crippen molar-refractivity contribution in [3.05, 3.63) is 65.5 Å². The van der Waals surface area contributed by atoms with E-state index in [0.29, 0.717) is 10.7 Å². The lowest BCUT2D eigenvalue weighted by molar-refractivity contribution is 0.628. The predicted octanol–water partition coefficient (Wildman–Crippen LogP) is 4.45. The van der Waals surface area contributed by atoms with Crippen molar-refractivity contribution in [2.24, 2.45) is 4.99 Å². The van der Waals surface area contributed by atoms with Crippen LogP contribution in [0.15, 0.2) is 53.5 Å². The van der Waals surface area contributed by atoms with Crippen LogP contribution in [-0.2, 0) is 0 Å². The van der Waals surface area contributed by atoms with Gasteiger partial charge >= 0.3 is 0 Å². The zero-order valence-electron chi connectivity index (χ0n) is 9.32. The molecule has 0 aliphatic heterocycles. The SMILES string of the molecule is Cc1ccc(N=C(Cl)c2ccc(F)cc2)cc1. The number of aryl methyl sites for hydroxylation is 1. The molecule has 0 spiro atoms. The van der Waals surface area contributed by atoms with Gasteiger partial charge in [0, 0.05) is 5.56 Å². The molecule has 0 saturated heterocycles. The van der Waals surface area contributed by atoms with Crippen molar-refractivity contribution in [2.75, 3.05) is 0 Å². The van der Waals surface area contributed by atoms with Crippen LogP contribution in [0.2, 0.25) is 0 Å². The average molecular weight is 248 g/mol. The van der Waals surface area contributed by atoms with Crippen LogP contribution in [0.4, 0.5) is 10.1 Å². The van der Waals surface area contributed by atoms with E-state index in [0.717, 1.165) is 5.69 Å². The van der Waals surface area contributed by atoms with Gasteiger partial charge in [-0.3, -0.25) is 0 Å². The van der Waals surface area contributed by atoms with Crippen LogP contribution in [0.3, 0.4) is 0 Å². The smallest absolute Gasteiger partial charge is 0.136 e. The maximum Gasteiger partial charge on any atom is 0.136 e. The minimum atomic E-state index is -0.284. The Labute approximate surface area is 105 Å². The van der Waals surface area contributed by atoms with Gasteiger partial charge in [0.15, 0.2) is 0 Å². The quantitative estimate of drug-likeness (QED) is 0.695.